The molecule has 108 valence electrons. The van der Waals surface area contributed by atoms with Gasteiger partial charge in [0.15, 0.2) is 0 Å². The standard InChI is InChI=1S/C17H11Cl2N3/c18-9-4-5-12(15(19)6-9)16-11-3-1-2-10(11)13(7-20)17(22)14(16)8-21/h4-6H,1-3,22H2. The van der Waals surface area contributed by atoms with Crippen LogP contribution in [0.4, 0.5) is 5.69 Å². The van der Waals surface area contributed by atoms with E-state index in [-0.39, 0.29) is 5.69 Å². The molecule has 0 bridgehead atoms. The third-order valence-electron chi connectivity index (χ3n) is 4.03. The average molecular weight is 328 g/mol. The molecule has 0 saturated carbocycles. The Morgan fingerprint density at radius 1 is 1.00 bits per heavy atom. The predicted molar refractivity (Wildman–Crippen MR) is 87.8 cm³/mol. The summed E-state index contributed by atoms with van der Waals surface area (Å²) < 4.78 is 0. The highest BCUT2D eigenvalue weighted by Gasteiger charge is 2.27. The molecule has 0 saturated heterocycles. The van der Waals surface area contributed by atoms with Crippen LogP contribution in [-0.2, 0) is 12.8 Å². The Morgan fingerprint density at radius 2 is 1.68 bits per heavy atom. The van der Waals surface area contributed by atoms with Gasteiger partial charge in [-0.05, 0) is 42.5 Å². The first-order chi connectivity index (χ1) is 10.6. The van der Waals surface area contributed by atoms with Gasteiger partial charge in [0, 0.05) is 21.2 Å². The van der Waals surface area contributed by atoms with Crippen molar-refractivity contribution >= 4 is 28.9 Å². The molecule has 0 aromatic heterocycles. The first-order valence-corrected chi connectivity index (χ1v) is 7.56. The monoisotopic (exact) mass is 327 g/mol. The summed E-state index contributed by atoms with van der Waals surface area (Å²) in [6.07, 6.45) is 2.55. The summed E-state index contributed by atoms with van der Waals surface area (Å²) in [7, 11) is 0. The zero-order chi connectivity index (χ0) is 15.9. The van der Waals surface area contributed by atoms with Crippen LogP contribution in [0.5, 0.6) is 0 Å². The van der Waals surface area contributed by atoms with Gasteiger partial charge in [-0.15, -0.1) is 0 Å². The number of halogens is 2. The molecule has 0 spiro atoms. The number of nitrogen functional groups attached to an aromatic ring is 1. The van der Waals surface area contributed by atoms with E-state index in [1.807, 2.05) is 0 Å². The normalized spacial score (nSPS) is 12.5. The van der Waals surface area contributed by atoms with Crippen LogP contribution < -0.4 is 5.73 Å². The molecule has 22 heavy (non-hydrogen) atoms. The molecule has 0 heterocycles. The molecule has 2 N–H and O–H groups in total. The Labute approximate surface area is 138 Å². The lowest BCUT2D eigenvalue weighted by atomic mass is 9.88. The number of anilines is 1. The SMILES string of the molecule is N#Cc1c(N)c(C#N)c(-c2ccc(Cl)cc2Cl)c2c1CCC2. The van der Waals surface area contributed by atoms with Crippen molar-refractivity contribution in [1.29, 1.82) is 10.5 Å². The quantitative estimate of drug-likeness (QED) is 0.785. The van der Waals surface area contributed by atoms with E-state index in [9.17, 15) is 10.5 Å². The molecule has 0 amide bonds. The Bertz CT molecular complexity index is 869. The van der Waals surface area contributed by atoms with Crippen LogP contribution in [0.2, 0.25) is 10.0 Å². The largest absolute Gasteiger partial charge is 0.397 e. The van der Waals surface area contributed by atoms with E-state index >= 15 is 0 Å². The molecular formula is C17H11Cl2N3. The Kier molecular flexibility index (Phi) is 3.71. The van der Waals surface area contributed by atoms with Crippen molar-refractivity contribution in [3.8, 4) is 23.3 Å². The smallest absolute Gasteiger partial charge is 0.102 e. The van der Waals surface area contributed by atoms with Crippen LogP contribution in [0.15, 0.2) is 18.2 Å². The topological polar surface area (TPSA) is 73.6 Å². The van der Waals surface area contributed by atoms with Gasteiger partial charge >= 0.3 is 0 Å². The summed E-state index contributed by atoms with van der Waals surface area (Å²) in [5, 5.41) is 19.9. The second-order valence-corrected chi connectivity index (χ2v) is 6.04. The number of nitriles is 2. The fourth-order valence-electron chi connectivity index (χ4n) is 3.10. The maximum atomic E-state index is 9.55. The number of benzene rings is 2. The van der Waals surface area contributed by atoms with Crippen molar-refractivity contribution in [2.75, 3.05) is 5.73 Å². The lowest BCUT2D eigenvalue weighted by Crippen LogP contribution is -2.04. The van der Waals surface area contributed by atoms with Gasteiger partial charge in [0.1, 0.15) is 12.1 Å². The van der Waals surface area contributed by atoms with Crippen molar-refractivity contribution < 1.29 is 0 Å². The van der Waals surface area contributed by atoms with E-state index in [0.717, 1.165) is 41.5 Å². The second-order valence-electron chi connectivity index (χ2n) is 5.20. The molecule has 3 nitrogen and oxygen atoms in total. The Balaban J connectivity index is 2.43. The maximum absolute atomic E-state index is 9.55. The highest BCUT2D eigenvalue weighted by molar-refractivity contribution is 6.36. The zero-order valence-electron chi connectivity index (χ0n) is 11.6. The number of nitrogens with two attached hydrogens (primary N) is 1. The number of hydrogen-bond donors (Lipinski definition) is 1. The van der Waals surface area contributed by atoms with Crippen LogP contribution in [0.25, 0.3) is 11.1 Å². The summed E-state index contributed by atoms with van der Waals surface area (Å²) in [5.41, 5.74) is 10.5. The molecule has 0 fully saturated rings. The lowest BCUT2D eigenvalue weighted by Gasteiger charge is -2.16. The van der Waals surface area contributed by atoms with Gasteiger partial charge in [-0.2, -0.15) is 10.5 Å². The minimum absolute atomic E-state index is 0.242. The molecular weight excluding hydrogens is 317 g/mol. The molecule has 1 aliphatic carbocycles. The van der Waals surface area contributed by atoms with E-state index in [0.29, 0.717) is 21.2 Å². The van der Waals surface area contributed by atoms with Gasteiger partial charge in [-0.25, -0.2) is 0 Å². The van der Waals surface area contributed by atoms with E-state index in [2.05, 4.69) is 12.1 Å². The fourth-order valence-corrected chi connectivity index (χ4v) is 3.60. The molecule has 5 heteroatoms. The molecule has 0 atom stereocenters. The predicted octanol–water partition coefficient (Wildman–Crippen LogP) is 4.47. The third-order valence-corrected chi connectivity index (χ3v) is 4.58. The minimum Gasteiger partial charge on any atom is -0.397 e. The van der Waals surface area contributed by atoms with Gasteiger partial charge in [0.05, 0.1) is 16.8 Å². The minimum atomic E-state index is 0.242. The molecule has 0 radical (unpaired) electrons. The summed E-state index contributed by atoms with van der Waals surface area (Å²) in [5.74, 6) is 0. The summed E-state index contributed by atoms with van der Waals surface area (Å²) >= 11 is 12.3. The van der Waals surface area contributed by atoms with E-state index < -0.39 is 0 Å². The maximum Gasteiger partial charge on any atom is 0.102 e. The molecule has 0 unspecified atom stereocenters. The third kappa shape index (κ3) is 2.11. The highest BCUT2D eigenvalue weighted by Crippen LogP contribution is 2.43. The van der Waals surface area contributed by atoms with Crippen LogP contribution in [0.1, 0.15) is 28.7 Å². The number of hydrogen-bond acceptors (Lipinski definition) is 3. The highest BCUT2D eigenvalue weighted by atomic mass is 35.5. The molecule has 1 aliphatic rings. The zero-order valence-corrected chi connectivity index (χ0v) is 13.1. The fraction of sp³-hybridized carbons (Fsp3) is 0.176. The Morgan fingerprint density at radius 3 is 2.32 bits per heavy atom. The molecule has 0 aliphatic heterocycles. The number of fused-ring (bicyclic) bond motifs is 1. The van der Waals surface area contributed by atoms with Crippen LogP contribution in [0, 0.1) is 22.7 Å². The van der Waals surface area contributed by atoms with E-state index in [1.54, 1.807) is 18.2 Å². The van der Waals surface area contributed by atoms with Gasteiger partial charge in [-0.3, -0.25) is 0 Å². The number of nitrogens with zero attached hydrogens (tertiary/aromatic N) is 2. The first kappa shape index (κ1) is 14.7. The van der Waals surface area contributed by atoms with E-state index in [4.69, 9.17) is 28.9 Å². The van der Waals surface area contributed by atoms with Crippen molar-refractivity contribution in [3.63, 3.8) is 0 Å². The Hall–Kier alpha value is -2.20. The van der Waals surface area contributed by atoms with Crippen LogP contribution in [-0.4, -0.2) is 0 Å². The summed E-state index contributed by atoms with van der Waals surface area (Å²) in [4.78, 5) is 0. The lowest BCUT2D eigenvalue weighted by molar-refractivity contribution is 0.911. The van der Waals surface area contributed by atoms with Crippen molar-refractivity contribution in [2.45, 2.75) is 19.3 Å². The second kappa shape index (κ2) is 5.54. The summed E-state index contributed by atoms with van der Waals surface area (Å²) in [6.45, 7) is 0. The van der Waals surface area contributed by atoms with E-state index in [1.165, 1.54) is 0 Å². The van der Waals surface area contributed by atoms with Gasteiger partial charge in [0.25, 0.3) is 0 Å². The van der Waals surface area contributed by atoms with Crippen LogP contribution in [0.3, 0.4) is 0 Å². The van der Waals surface area contributed by atoms with Crippen molar-refractivity contribution in [2.24, 2.45) is 0 Å². The van der Waals surface area contributed by atoms with Gasteiger partial charge in [0.2, 0.25) is 0 Å². The van der Waals surface area contributed by atoms with Crippen molar-refractivity contribution in [3.05, 3.63) is 50.5 Å². The average Bonchev–Trinajstić information content (AvgIpc) is 2.95. The van der Waals surface area contributed by atoms with Crippen LogP contribution >= 0.6 is 23.2 Å². The molecule has 2 aromatic carbocycles. The summed E-state index contributed by atoms with van der Waals surface area (Å²) in [6, 6.07) is 9.46. The van der Waals surface area contributed by atoms with Gasteiger partial charge < -0.3 is 5.73 Å². The number of rotatable bonds is 1. The molecule has 2 aromatic rings. The first-order valence-electron chi connectivity index (χ1n) is 6.81. The molecule has 3 rings (SSSR count). The van der Waals surface area contributed by atoms with Crippen molar-refractivity contribution in [1.82, 2.24) is 0 Å². The van der Waals surface area contributed by atoms with Gasteiger partial charge in [-0.1, -0.05) is 29.3 Å².